The number of benzene rings is 1. The lowest BCUT2D eigenvalue weighted by atomic mass is 10.1. The van der Waals surface area contributed by atoms with Crippen LogP contribution < -0.4 is 0 Å². The summed E-state index contributed by atoms with van der Waals surface area (Å²) in [5, 5.41) is 0. The first kappa shape index (κ1) is 10.7. The van der Waals surface area contributed by atoms with Gasteiger partial charge in [-0.05, 0) is 37.6 Å². The molecule has 0 unspecified atom stereocenters. The number of rotatable bonds is 3. The molecule has 0 spiro atoms. The predicted octanol–water partition coefficient (Wildman–Crippen LogP) is 3.33. The first-order valence-electron chi connectivity index (χ1n) is 3.92. The minimum atomic E-state index is 0.139. The summed E-state index contributed by atoms with van der Waals surface area (Å²) in [5.41, 5.74) is 0.833. The molecule has 0 aliphatic rings. The molecule has 0 fully saturated rings. The number of hydrogen-bond acceptors (Lipinski definition) is 3. The van der Waals surface area contributed by atoms with Crippen molar-refractivity contribution in [2.24, 2.45) is 0 Å². The predicted molar refractivity (Wildman–Crippen MR) is 60.0 cm³/mol. The van der Waals surface area contributed by atoms with Gasteiger partial charge >= 0.3 is 0 Å². The number of thioether (sulfide) groups is 2. The first-order chi connectivity index (χ1) is 6.19. The van der Waals surface area contributed by atoms with Crippen molar-refractivity contribution in [3.8, 4) is 0 Å². The number of hydrogen-bond donors (Lipinski definition) is 0. The molecule has 0 aromatic heterocycles. The summed E-state index contributed by atoms with van der Waals surface area (Å²) in [6.45, 7) is 1.61. The zero-order valence-electron chi connectivity index (χ0n) is 7.96. The zero-order chi connectivity index (χ0) is 9.84. The highest BCUT2D eigenvalue weighted by Crippen LogP contribution is 2.25. The average molecular weight is 212 g/mol. The molecule has 1 aromatic rings. The molecule has 0 heterocycles. The van der Waals surface area contributed by atoms with E-state index in [0.29, 0.717) is 0 Å². The van der Waals surface area contributed by atoms with Crippen molar-refractivity contribution in [1.29, 1.82) is 0 Å². The molecule has 0 atom stereocenters. The average Bonchev–Trinajstić information content (AvgIpc) is 2.16. The van der Waals surface area contributed by atoms with Crippen molar-refractivity contribution in [2.45, 2.75) is 16.7 Å². The summed E-state index contributed by atoms with van der Waals surface area (Å²) in [7, 11) is 0. The van der Waals surface area contributed by atoms with Crippen LogP contribution in [0.3, 0.4) is 0 Å². The van der Waals surface area contributed by atoms with Crippen LogP contribution in [-0.4, -0.2) is 18.3 Å². The van der Waals surface area contributed by atoms with Gasteiger partial charge in [0.1, 0.15) is 0 Å². The summed E-state index contributed by atoms with van der Waals surface area (Å²) >= 11 is 3.27. The molecule has 70 valence electrons. The second-order valence-electron chi connectivity index (χ2n) is 2.62. The van der Waals surface area contributed by atoms with Crippen molar-refractivity contribution >= 4 is 29.3 Å². The van der Waals surface area contributed by atoms with E-state index in [1.54, 1.807) is 30.4 Å². The Morgan fingerprint density at radius 1 is 1.23 bits per heavy atom. The summed E-state index contributed by atoms with van der Waals surface area (Å²) in [4.78, 5) is 13.5. The van der Waals surface area contributed by atoms with E-state index in [1.807, 2.05) is 30.7 Å². The Morgan fingerprint density at radius 2 is 1.92 bits per heavy atom. The van der Waals surface area contributed by atoms with E-state index in [4.69, 9.17) is 0 Å². The summed E-state index contributed by atoms with van der Waals surface area (Å²) in [6.07, 6.45) is 4.00. The molecule has 0 saturated carbocycles. The lowest BCUT2D eigenvalue weighted by molar-refractivity contribution is 0.101. The zero-order valence-corrected chi connectivity index (χ0v) is 9.59. The van der Waals surface area contributed by atoms with E-state index in [1.165, 1.54) is 0 Å². The van der Waals surface area contributed by atoms with Crippen molar-refractivity contribution in [1.82, 2.24) is 0 Å². The second-order valence-corrected chi connectivity index (χ2v) is 4.35. The van der Waals surface area contributed by atoms with Crippen LogP contribution in [-0.2, 0) is 0 Å². The van der Waals surface area contributed by atoms with Crippen LogP contribution in [0.15, 0.2) is 28.0 Å². The van der Waals surface area contributed by atoms with Gasteiger partial charge in [0.25, 0.3) is 0 Å². The Hall–Kier alpha value is -0.410. The molecule has 3 heteroatoms. The molecule has 0 N–H and O–H groups in total. The maximum Gasteiger partial charge on any atom is 0.160 e. The van der Waals surface area contributed by atoms with Crippen LogP contribution in [0.25, 0.3) is 0 Å². The van der Waals surface area contributed by atoms with Crippen LogP contribution in [0.5, 0.6) is 0 Å². The van der Waals surface area contributed by atoms with Crippen LogP contribution >= 0.6 is 23.5 Å². The molecule has 0 amide bonds. The molecule has 0 saturated heterocycles. The highest BCUT2D eigenvalue weighted by Gasteiger charge is 2.06. The molecule has 0 radical (unpaired) electrons. The van der Waals surface area contributed by atoms with Crippen molar-refractivity contribution < 1.29 is 4.79 Å². The van der Waals surface area contributed by atoms with Gasteiger partial charge in [0.05, 0.1) is 0 Å². The number of ketones is 1. The van der Waals surface area contributed by atoms with Crippen molar-refractivity contribution in [3.05, 3.63) is 23.8 Å². The van der Waals surface area contributed by atoms with Gasteiger partial charge in [-0.25, -0.2) is 0 Å². The molecular weight excluding hydrogens is 200 g/mol. The SMILES string of the molecule is CSc1ccc(SC)c(C(C)=O)c1. The maximum absolute atomic E-state index is 11.3. The molecule has 1 nitrogen and oxygen atoms in total. The van der Waals surface area contributed by atoms with Gasteiger partial charge in [-0.3, -0.25) is 4.79 Å². The van der Waals surface area contributed by atoms with Crippen molar-refractivity contribution in [3.63, 3.8) is 0 Å². The lowest BCUT2D eigenvalue weighted by Crippen LogP contribution is -1.94. The number of Topliss-reactive ketones (excluding diaryl/α,β-unsaturated/α-hetero) is 1. The molecular formula is C10H12OS2. The molecule has 1 rings (SSSR count). The second kappa shape index (κ2) is 4.72. The van der Waals surface area contributed by atoms with Gasteiger partial charge < -0.3 is 0 Å². The Kier molecular flexibility index (Phi) is 3.88. The van der Waals surface area contributed by atoms with E-state index < -0.39 is 0 Å². The Balaban J connectivity index is 3.18. The Labute approximate surface area is 87.3 Å². The molecule has 13 heavy (non-hydrogen) atoms. The summed E-state index contributed by atoms with van der Waals surface area (Å²) in [6, 6.07) is 6.01. The Bertz CT molecular complexity index is 321. The minimum absolute atomic E-state index is 0.139. The normalized spacial score (nSPS) is 10.1. The van der Waals surface area contributed by atoms with Crippen LogP contribution in [0.2, 0.25) is 0 Å². The van der Waals surface area contributed by atoms with Crippen LogP contribution in [0.4, 0.5) is 0 Å². The summed E-state index contributed by atoms with van der Waals surface area (Å²) in [5.74, 6) is 0.139. The standard InChI is InChI=1S/C10H12OS2/c1-7(11)9-6-8(12-2)4-5-10(9)13-3/h4-6H,1-3H3. The van der Waals surface area contributed by atoms with Crippen LogP contribution in [0, 0.1) is 0 Å². The molecule has 1 aromatic carbocycles. The minimum Gasteiger partial charge on any atom is -0.294 e. The van der Waals surface area contributed by atoms with E-state index in [9.17, 15) is 4.79 Å². The fourth-order valence-corrected chi connectivity index (χ4v) is 2.16. The first-order valence-corrected chi connectivity index (χ1v) is 6.37. The smallest absolute Gasteiger partial charge is 0.160 e. The fourth-order valence-electron chi connectivity index (χ4n) is 1.09. The molecule has 0 bridgehead atoms. The van der Waals surface area contributed by atoms with E-state index in [-0.39, 0.29) is 5.78 Å². The van der Waals surface area contributed by atoms with Gasteiger partial charge in [-0.1, -0.05) is 0 Å². The maximum atomic E-state index is 11.3. The van der Waals surface area contributed by atoms with E-state index in [0.717, 1.165) is 15.4 Å². The monoisotopic (exact) mass is 212 g/mol. The summed E-state index contributed by atoms with van der Waals surface area (Å²) < 4.78 is 0. The molecule has 0 aliphatic heterocycles. The largest absolute Gasteiger partial charge is 0.294 e. The van der Waals surface area contributed by atoms with Gasteiger partial charge in [0.15, 0.2) is 5.78 Å². The highest BCUT2D eigenvalue weighted by atomic mass is 32.2. The third kappa shape index (κ3) is 2.51. The van der Waals surface area contributed by atoms with Gasteiger partial charge in [-0.2, -0.15) is 0 Å². The fraction of sp³-hybridized carbons (Fsp3) is 0.300. The highest BCUT2D eigenvalue weighted by molar-refractivity contribution is 7.99. The molecule has 0 aliphatic carbocycles. The quantitative estimate of drug-likeness (QED) is 0.565. The van der Waals surface area contributed by atoms with Gasteiger partial charge in [-0.15, -0.1) is 23.5 Å². The van der Waals surface area contributed by atoms with E-state index in [2.05, 4.69) is 0 Å². The van der Waals surface area contributed by atoms with Gasteiger partial charge in [0, 0.05) is 15.4 Å². The topological polar surface area (TPSA) is 17.1 Å². The third-order valence-corrected chi connectivity index (χ3v) is 3.31. The lowest BCUT2D eigenvalue weighted by Gasteiger charge is -2.05. The van der Waals surface area contributed by atoms with E-state index >= 15 is 0 Å². The number of carbonyl (C=O) groups is 1. The van der Waals surface area contributed by atoms with Gasteiger partial charge in [0.2, 0.25) is 0 Å². The van der Waals surface area contributed by atoms with Crippen molar-refractivity contribution in [2.75, 3.05) is 12.5 Å². The van der Waals surface area contributed by atoms with Crippen LogP contribution in [0.1, 0.15) is 17.3 Å². The number of carbonyl (C=O) groups excluding carboxylic acids is 1. The third-order valence-electron chi connectivity index (χ3n) is 1.79. The Morgan fingerprint density at radius 3 is 2.38 bits per heavy atom.